The fourth-order valence-electron chi connectivity index (χ4n) is 1.15. The van der Waals surface area contributed by atoms with Crippen molar-refractivity contribution in [2.24, 2.45) is 0 Å². The topological polar surface area (TPSA) is 49.3 Å². The van der Waals surface area contributed by atoms with Gasteiger partial charge in [0.15, 0.2) is 0 Å². The van der Waals surface area contributed by atoms with Crippen LogP contribution in [0.4, 0.5) is 4.39 Å². The third kappa shape index (κ3) is 3.32. The molecule has 1 aromatic carbocycles. The number of carbonyl (C=O) groups is 1. The highest BCUT2D eigenvalue weighted by molar-refractivity contribution is 5.94. The van der Waals surface area contributed by atoms with Gasteiger partial charge in [0.25, 0.3) is 5.91 Å². The van der Waals surface area contributed by atoms with Crippen molar-refractivity contribution in [2.45, 2.75) is 20.0 Å². The third-order valence-electron chi connectivity index (χ3n) is 1.92. The van der Waals surface area contributed by atoms with E-state index in [4.69, 9.17) is 5.11 Å². The highest BCUT2D eigenvalue weighted by Crippen LogP contribution is 2.09. The summed E-state index contributed by atoms with van der Waals surface area (Å²) in [5.41, 5.74) is 0.828. The fourth-order valence-corrected chi connectivity index (χ4v) is 1.15. The number of aliphatic hydroxyl groups is 1. The summed E-state index contributed by atoms with van der Waals surface area (Å²) in [7, 11) is 0. The van der Waals surface area contributed by atoms with Gasteiger partial charge in [-0.15, -0.1) is 0 Å². The minimum Gasteiger partial charge on any atom is -0.392 e. The quantitative estimate of drug-likeness (QED) is 0.790. The summed E-state index contributed by atoms with van der Waals surface area (Å²) in [6.07, 6.45) is -0.637. The van der Waals surface area contributed by atoms with Crippen LogP contribution in [0.25, 0.3) is 0 Å². The summed E-state index contributed by atoms with van der Waals surface area (Å²) in [4.78, 5) is 11.5. The van der Waals surface area contributed by atoms with Gasteiger partial charge >= 0.3 is 0 Å². The van der Waals surface area contributed by atoms with Crippen LogP contribution in [-0.2, 0) is 0 Å². The molecule has 0 aromatic heterocycles. The van der Waals surface area contributed by atoms with E-state index >= 15 is 0 Å². The monoisotopic (exact) mass is 211 g/mol. The van der Waals surface area contributed by atoms with Crippen LogP contribution in [0, 0.1) is 12.7 Å². The first-order valence-corrected chi connectivity index (χ1v) is 4.73. The molecule has 15 heavy (non-hydrogen) atoms. The molecule has 1 amide bonds. The van der Waals surface area contributed by atoms with Crippen LogP contribution < -0.4 is 5.32 Å². The predicted molar refractivity (Wildman–Crippen MR) is 55.2 cm³/mol. The van der Waals surface area contributed by atoms with Gasteiger partial charge in [0.1, 0.15) is 5.82 Å². The van der Waals surface area contributed by atoms with E-state index in [0.29, 0.717) is 0 Å². The van der Waals surface area contributed by atoms with E-state index in [1.54, 1.807) is 19.9 Å². The highest BCUT2D eigenvalue weighted by atomic mass is 19.1. The Morgan fingerprint density at radius 2 is 2.27 bits per heavy atom. The second kappa shape index (κ2) is 4.89. The van der Waals surface area contributed by atoms with Gasteiger partial charge in [0.2, 0.25) is 0 Å². The van der Waals surface area contributed by atoms with Crippen molar-refractivity contribution in [3.8, 4) is 0 Å². The normalized spacial score (nSPS) is 12.3. The molecule has 0 unspecified atom stereocenters. The molecule has 0 aliphatic rings. The van der Waals surface area contributed by atoms with Gasteiger partial charge in [-0.1, -0.05) is 11.6 Å². The fraction of sp³-hybridized carbons (Fsp3) is 0.364. The molecule has 0 heterocycles. The number of hydrogen-bond donors (Lipinski definition) is 2. The van der Waals surface area contributed by atoms with Gasteiger partial charge in [-0.25, -0.2) is 4.39 Å². The second-order valence-corrected chi connectivity index (χ2v) is 3.54. The Bertz CT molecular complexity index is 364. The average molecular weight is 211 g/mol. The summed E-state index contributed by atoms with van der Waals surface area (Å²) < 4.78 is 13.2. The number of benzene rings is 1. The summed E-state index contributed by atoms with van der Waals surface area (Å²) >= 11 is 0. The van der Waals surface area contributed by atoms with Gasteiger partial charge in [0.05, 0.1) is 11.7 Å². The number of amides is 1. The Morgan fingerprint density at radius 3 is 2.87 bits per heavy atom. The maximum atomic E-state index is 13.2. The average Bonchev–Trinajstić information content (AvgIpc) is 2.18. The van der Waals surface area contributed by atoms with E-state index in [9.17, 15) is 9.18 Å². The zero-order valence-electron chi connectivity index (χ0n) is 8.75. The maximum absolute atomic E-state index is 13.2. The van der Waals surface area contributed by atoms with Crippen LogP contribution in [0.2, 0.25) is 0 Å². The molecule has 1 aromatic rings. The van der Waals surface area contributed by atoms with E-state index in [2.05, 4.69) is 5.32 Å². The van der Waals surface area contributed by atoms with Crippen molar-refractivity contribution in [3.05, 3.63) is 35.1 Å². The van der Waals surface area contributed by atoms with E-state index < -0.39 is 17.8 Å². The first kappa shape index (κ1) is 11.7. The zero-order valence-corrected chi connectivity index (χ0v) is 8.75. The van der Waals surface area contributed by atoms with E-state index in [-0.39, 0.29) is 12.1 Å². The van der Waals surface area contributed by atoms with Crippen LogP contribution in [0.15, 0.2) is 18.2 Å². The number of aliphatic hydroxyl groups excluding tert-OH is 1. The lowest BCUT2D eigenvalue weighted by Crippen LogP contribution is -2.31. The Morgan fingerprint density at radius 1 is 1.60 bits per heavy atom. The van der Waals surface area contributed by atoms with Crippen molar-refractivity contribution in [3.63, 3.8) is 0 Å². The molecular formula is C11H14FNO2. The molecular weight excluding hydrogens is 197 g/mol. The number of nitrogens with one attached hydrogen (secondary N) is 1. The molecule has 0 aliphatic heterocycles. The molecule has 0 radical (unpaired) electrons. The highest BCUT2D eigenvalue weighted by Gasteiger charge is 2.11. The molecule has 1 rings (SSSR count). The largest absolute Gasteiger partial charge is 0.392 e. The molecule has 82 valence electrons. The molecule has 0 bridgehead atoms. The first-order valence-electron chi connectivity index (χ1n) is 4.73. The van der Waals surface area contributed by atoms with Crippen LogP contribution in [-0.4, -0.2) is 23.7 Å². The molecule has 2 N–H and O–H groups in total. The second-order valence-electron chi connectivity index (χ2n) is 3.54. The Balaban J connectivity index is 2.77. The number of hydrogen-bond acceptors (Lipinski definition) is 2. The Hall–Kier alpha value is -1.42. The first-order chi connectivity index (χ1) is 7.00. The van der Waals surface area contributed by atoms with Gasteiger partial charge in [-0.05, 0) is 26.0 Å². The SMILES string of the molecule is Cc1ccc(F)c(C(=O)NC[C@@H](C)O)c1. The van der Waals surface area contributed by atoms with Crippen molar-refractivity contribution in [1.82, 2.24) is 5.32 Å². The number of aryl methyl sites for hydroxylation is 1. The summed E-state index contributed by atoms with van der Waals surface area (Å²) in [5.74, 6) is -1.05. The lowest BCUT2D eigenvalue weighted by Gasteiger charge is -2.08. The smallest absolute Gasteiger partial charge is 0.254 e. The predicted octanol–water partition coefficient (Wildman–Crippen LogP) is 1.24. The summed E-state index contributed by atoms with van der Waals surface area (Å²) in [5, 5.41) is 11.4. The van der Waals surface area contributed by atoms with Gasteiger partial charge in [-0.2, -0.15) is 0 Å². The number of rotatable bonds is 3. The Labute approximate surface area is 87.9 Å². The van der Waals surface area contributed by atoms with Crippen molar-refractivity contribution in [2.75, 3.05) is 6.54 Å². The summed E-state index contributed by atoms with van der Waals surface area (Å²) in [6.45, 7) is 3.45. The van der Waals surface area contributed by atoms with Crippen molar-refractivity contribution < 1.29 is 14.3 Å². The zero-order chi connectivity index (χ0) is 11.4. The standard InChI is InChI=1S/C11H14FNO2/c1-7-3-4-10(12)9(5-7)11(15)13-6-8(2)14/h3-5,8,14H,6H2,1-2H3,(H,13,15)/t8-/m1/s1. The van der Waals surface area contributed by atoms with Crippen molar-refractivity contribution in [1.29, 1.82) is 0 Å². The van der Waals surface area contributed by atoms with E-state index in [1.165, 1.54) is 12.1 Å². The molecule has 4 heteroatoms. The molecule has 0 fully saturated rings. The van der Waals surface area contributed by atoms with Crippen LogP contribution in [0.3, 0.4) is 0 Å². The molecule has 0 saturated carbocycles. The minimum absolute atomic E-state index is 0.00986. The van der Waals surface area contributed by atoms with Gasteiger partial charge in [0, 0.05) is 6.54 Å². The Kier molecular flexibility index (Phi) is 3.80. The van der Waals surface area contributed by atoms with E-state index in [1.807, 2.05) is 0 Å². The van der Waals surface area contributed by atoms with Crippen LogP contribution in [0.1, 0.15) is 22.8 Å². The van der Waals surface area contributed by atoms with Crippen LogP contribution >= 0.6 is 0 Å². The number of halogens is 1. The van der Waals surface area contributed by atoms with Gasteiger partial charge < -0.3 is 10.4 Å². The lowest BCUT2D eigenvalue weighted by molar-refractivity contribution is 0.0920. The number of carbonyl (C=O) groups excluding carboxylic acids is 1. The third-order valence-corrected chi connectivity index (χ3v) is 1.92. The maximum Gasteiger partial charge on any atom is 0.254 e. The molecule has 0 saturated heterocycles. The molecule has 1 atom stereocenters. The van der Waals surface area contributed by atoms with Crippen molar-refractivity contribution >= 4 is 5.91 Å². The summed E-state index contributed by atoms with van der Waals surface area (Å²) in [6, 6.07) is 4.33. The van der Waals surface area contributed by atoms with Gasteiger partial charge in [-0.3, -0.25) is 4.79 Å². The van der Waals surface area contributed by atoms with Crippen LogP contribution in [0.5, 0.6) is 0 Å². The lowest BCUT2D eigenvalue weighted by atomic mass is 10.1. The molecule has 0 aliphatic carbocycles. The molecule has 0 spiro atoms. The minimum atomic E-state index is -0.637. The molecule has 3 nitrogen and oxygen atoms in total. The van der Waals surface area contributed by atoms with E-state index in [0.717, 1.165) is 5.56 Å².